The first-order valence-corrected chi connectivity index (χ1v) is 6.76. The molecule has 3 rings (SSSR count). The molecule has 3 nitrogen and oxygen atoms in total. The Balaban J connectivity index is 0.00000192. The van der Waals surface area contributed by atoms with E-state index in [1.807, 2.05) is 0 Å². The second kappa shape index (κ2) is 6.03. The molecule has 1 aliphatic carbocycles. The Morgan fingerprint density at radius 1 is 1.04 bits per heavy atom. The summed E-state index contributed by atoms with van der Waals surface area (Å²) in [6.45, 7) is 0.441. The molecule has 0 fully saturated rings. The molecule has 1 atom stereocenters. The van der Waals surface area contributed by atoms with Gasteiger partial charge in [0.25, 0.3) is 0 Å². The molecule has 2 aromatic rings. The molecule has 0 aliphatic heterocycles. The van der Waals surface area contributed by atoms with E-state index >= 15 is 0 Å². The third-order valence-electron chi connectivity index (χ3n) is 3.78. The van der Waals surface area contributed by atoms with E-state index in [1.165, 1.54) is 24.3 Å². The third kappa shape index (κ3) is 2.56. The number of halogens is 4. The first-order chi connectivity index (χ1) is 10.4. The van der Waals surface area contributed by atoms with E-state index in [0.717, 1.165) is 0 Å². The molecule has 23 heavy (non-hydrogen) atoms. The van der Waals surface area contributed by atoms with Gasteiger partial charge in [-0.05, 0) is 23.3 Å². The number of ether oxygens (including phenoxy) is 1. The molecule has 1 aliphatic rings. The van der Waals surface area contributed by atoms with Crippen LogP contribution >= 0.6 is 12.4 Å². The minimum atomic E-state index is -4.83. The minimum Gasteiger partial charge on any atom is -0.492 e. The van der Waals surface area contributed by atoms with Crippen LogP contribution in [0.5, 0.6) is 5.75 Å². The summed E-state index contributed by atoms with van der Waals surface area (Å²) in [5.74, 6) is 0.250. The normalized spacial score (nSPS) is 18.8. The third-order valence-corrected chi connectivity index (χ3v) is 3.78. The number of hydrogen-bond donors (Lipinski definition) is 2. The second-order valence-electron chi connectivity index (χ2n) is 5.10. The Morgan fingerprint density at radius 3 is 2.35 bits per heavy atom. The minimum absolute atomic E-state index is 0. The summed E-state index contributed by atoms with van der Waals surface area (Å²) in [6, 6.07) is 10.3. The molecule has 3 N–H and O–H groups in total. The Hall–Kier alpha value is -1.76. The second-order valence-corrected chi connectivity index (χ2v) is 5.10. The largest absolute Gasteiger partial charge is 0.492 e. The van der Waals surface area contributed by atoms with Gasteiger partial charge in [0.1, 0.15) is 12.4 Å². The smallest absolute Gasteiger partial charge is 0.425 e. The molecule has 124 valence electrons. The lowest BCUT2D eigenvalue weighted by molar-refractivity contribution is -0.246. The lowest BCUT2D eigenvalue weighted by Crippen LogP contribution is -2.41. The lowest BCUT2D eigenvalue weighted by Gasteiger charge is -2.28. The van der Waals surface area contributed by atoms with Crippen LogP contribution in [0.3, 0.4) is 0 Å². The topological polar surface area (TPSA) is 55.5 Å². The molecule has 0 radical (unpaired) electrons. The van der Waals surface area contributed by atoms with Gasteiger partial charge >= 0.3 is 6.18 Å². The first-order valence-electron chi connectivity index (χ1n) is 6.76. The molecule has 0 heterocycles. The van der Waals surface area contributed by atoms with E-state index in [9.17, 15) is 18.3 Å². The highest BCUT2D eigenvalue weighted by atomic mass is 35.5. The number of hydrogen-bond acceptors (Lipinski definition) is 3. The van der Waals surface area contributed by atoms with E-state index in [1.54, 1.807) is 18.2 Å². The van der Waals surface area contributed by atoms with Gasteiger partial charge < -0.3 is 15.6 Å². The number of rotatable bonds is 3. The van der Waals surface area contributed by atoms with Crippen molar-refractivity contribution in [1.29, 1.82) is 0 Å². The fraction of sp³-hybridized carbons (Fsp3) is 0.250. The maximum atomic E-state index is 13.6. The zero-order chi connectivity index (χ0) is 16.0. The molecule has 0 aromatic heterocycles. The summed E-state index contributed by atoms with van der Waals surface area (Å²) >= 11 is 0. The first kappa shape index (κ1) is 17.6. The van der Waals surface area contributed by atoms with Crippen LogP contribution in [0.4, 0.5) is 13.2 Å². The number of alkyl halides is 3. The van der Waals surface area contributed by atoms with Crippen LogP contribution in [0.15, 0.2) is 42.5 Å². The van der Waals surface area contributed by atoms with Crippen molar-refractivity contribution in [1.82, 2.24) is 0 Å². The number of benzene rings is 2. The molecule has 7 heteroatoms. The summed E-state index contributed by atoms with van der Waals surface area (Å²) in [5, 5.41) is 10.5. The van der Waals surface area contributed by atoms with Gasteiger partial charge in [0.15, 0.2) is 0 Å². The monoisotopic (exact) mass is 345 g/mol. The predicted octanol–water partition coefficient (Wildman–Crippen LogP) is 3.22. The Morgan fingerprint density at radius 2 is 1.70 bits per heavy atom. The molecule has 0 amide bonds. The highest BCUT2D eigenvalue weighted by molar-refractivity contribution is 5.85. The standard InChI is InChI=1S/C16H14F3NO2.ClH/c17-16(18,19)15(21)13-4-2-1-3-11(13)12-6-5-10(9-14(12)15)22-8-7-20;/h1-6,9,21H,7-8,20H2;1H. The molecule has 1 unspecified atom stereocenters. The van der Waals surface area contributed by atoms with Gasteiger partial charge in [-0.15, -0.1) is 12.4 Å². The summed E-state index contributed by atoms with van der Waals surface area (Å²) in [4.78, 5) is 0. The van der Waals surface area contributed by atoms with E-state index in [-0.39, 0.29) is 42.4 Å². The summed E-state index contributed by atoms with van der Waals surface area (Å²) in [7, 11) is 0. The van der Waals surface area contributed by atoms with Crippen molar-refractivity contribution in [3.8, 4) is 16.9 Å². The zero-order valence-corrected chi connectivity index (χ0v) is 12.7. The number of fused-ring (bicyclic) bond motifs is 3. The summed E-state index contributed by atoms with van der Waals surface area (Å²) in [5.41, 5.74) is 2.66. The van der Waals surface area contributed by atoms with Crippen molar-refractivity contribution in [3.63, 3.8) is 0 Å². The molecule has 0 saturated carbocycles. The van der Waals surface area contributed by atoms with Crippen LogP contribution in [-0.2, 0) is 5.60 Å². The van der Waals surface area contributed by atoms with Crippen LogP contribution in [0.25, 0.3) is 11.1 Å². The molecular formula is C16H15ClF3NO2. The van der Waals surface area contributed by atoms with Gasteiger partial charge in [-0.25, -0.2) is 0 Å². The van der Waals surface area contributed by atoms with Gasteiger partial charge in [-0.1, -0.05) is 30.3 Å². The molecule has 0 spiro atoms. The van der Waals surface area contributed by atoms with Crippen LogP contribution in [0.2, 0.25) is 0 Å². The van der Waals surface area contributed by atoms with Crippen molar-refractivity contribution in [2.24, 2.45) is 5.73 Å². The molecule has 2 aromatic carbocycles. The van der Waals surface area contributed by atoms with Crippen molar-refractivity contribution < 1.29 is 23.0 Å². The maximum Gasteiger partial charge on any atom is 0.425 e. The van der Waals surface area contributed by atoms with E-state index in [2.05, 4.69) is 0 Å². The summed E-state index contributed by atoms with van der Waals surface area (Å²) < 4.78 is 46.0. The maximum absolute atomic E-state index is 13.6. The van der Waals surface area contributed by atoms with E-state index in [0.29, 0.717) is 11.1 Å². The van der Waals surface area contributed by atoms with Gasteiger partial charge in [-0.2, -0.15) is 13.2 Å². The fourth-order valence-electron chi connectivity index (χ4n) is 2.81. The van der Waals surface area contributed by atoms with Crippen LogP contribution in [0, 0.1) is 0 Å². The van der Waals surface area contributed by atoms with Gasteiger partial charge in [0.2, 0.25) is 5.60 Å². The SMILES string of the molecule is Cl.NCCOc1ccc2c(c1)C(O)(C(F)(F)F)c1ccccc1-2. The highest BCUT2D eigenvalue weighted by Crippen LogP contribution is 2.55. The highest BCUT2D eigenvalue weighted by Gasteiger charge is 2.60. The van der Waals surface area contributed by atoms with Gasteiger partial charge in [0, 0.05) is 17.7 Å². The van der Waals surface area contributed by atoms with Crippen molar-refractivity contribution in [3.05, 3.63) is 53.6 Å². The average Bonchev–Trinajstić information content (AvgIpc) is 2.76. The van der Waals surface area contributed by atoms with E-state index in [4.69, 9.17) is 10.5 Å². The van der Waals surface area contributed by atoms with Crippen molar-refractivity contribution in [2.75, 3.05) is 13.2 Å². The van der Waals surface area contributed by atoms with Gasteiger partial charge in [0.05, 0.1) is 0 Å². The predicted molar refractivity (Wildman–Crippen MR) is 82.7 cm³/mol. The van der Waals surface area contributed by atoms with E-state index < -0.39 is 11.8 Å². The summed E-state index contributed by atoms with van der Waals surface area (Å²) in [6.07, 6.45) is -4.83. The average molecular weight is 346 g/mol. The molecule has 0 bridgehead atoms. The Bertz CT molecular complexity index is 721. The lowest BCUT2D eigenvalue weighted by atomic mass is 9.91. The number of nitrogens with two attached hydrogens (primary N) is 1. The van der Waals surface area contributed by atoms with Crippen LogP contribution in [0.1, 0.15) is 11.1 Å². The molecular weight excluding hydrogens is 331 g/mol. The quantitative estimate of drug-likeness (QED) is 0.898. The van der Waals surface area contributed by atoms with Crippen molar-refractivity contribution in [2.45, 2.75) is 11.8 Å². The van der Waals surface area contributed by atoms with Crippen LogP contribution in [-0.4, -0.2) is 24.4 Å². The Labute approximate surface area is 137 Å². The van der Waals surface area contributed by atoms with Gasteiger partial charge in [-0.3, -0.25) is 0 Å². The number of aliphatic hydroxyl groups is 1. The molecule has 0 saturated heterocycles. The fourth-order valence-corrected chi connectivity index (χ4v) is 2.81. The Kier molecular flexibility index (Phi) is 4.61. The zero-order valence-electron chi connectivity index (χ0n) is 11.9. The van der Waals surface area contributed by atoms with Crippen LogP contribution < -0.4 is 10.5 Å². The van der Waals surface area contributed by atoms with Crippen molar-refractivity contribution >= 4 is 12.4 Å².